The molecule has 0 unspecified atom stereocenters. The van der Waals surface area contributed by atoms with E-state index >= 15 is 0 Å². The maximum Gasteiger partial charge on any atom is 0.311 e. The van der Waals surface area contributed by atoms with Crippen molar-refractivity contribution in [2.24, 2.45) is 0 Å². The molecule has 1 atom stereocenters. The van der Waals surface area contributed by atoms with Crippen LogP contribution in [0.15, 0.2) is 12.1 Å². The molecule has 5 heteroatoms. The predicted molar refractivity (Wildman–Crippen MR) is 53.0 cm³/mol. The minimum absolute atomic E-state index is 0.0130. The van der Waals surface area contributed by atoms with E-state index in [9.17, 15) is 10.1 Å². The average Bonchev–Trinajstić information content (AvgIpc) is 2.58. The lowest BCUT2D eigenvalue weighted by Gasteiger charge is -2.05. The lowest BCUT2D eigenvalue weighted by Crippen LogP contribution is -2.17. The highest BCUT2D eigenvalue weighted by Crippen LogP contribution is 2.38. The Balaban J connectivity index is 2.48. The van der Waals surface area contributed by atoms with Gasteiger partial charge < -0.3 is 9.84 Å². The largest absolute Gasteiger partial charge is 0.481 e. The SMILES string of the molecule is Cc1cc2c(c([N+](=O)[O-])c1)O[C@H](CO)C2. The van der Waals surface area contributed by atoms with Gasteiger partial charge in [0.1, 0.15) is 6.10 Å². The fourth-order valence-electron chi connectivity index (χ4n) is 1.81. The summed E-state index contributed by atoms with van der Waals surface area (Å²) in [4.78, 5) is 10.3. The molecular weight excluding hydrogens is 198 g/mol. The van der Waals surface area contributed by atoms with E-state index in [0.29, 0.717) is 12.2 Å². The van der Waals surface area contributed by atoms with Crippen LogP contribution in [0, 0.1) is 17.0 Å². The van der Waals surface area contributed by atoms with Crippen LogP contribution in [0.3, 0.4) is 0 Å². The van der Waals surface area contributed by atoms with Crippen molar-refractivity contribution >= 4 is 5.69 Å². The minimum atomic E-state index is -0.453. The Morgan fingerprint density at radius 2 is 2.40 bits per heavy atom. The number of aliphatic hydroxyl groups excluding tert-OH is 1. The van der Waals surface area contributed by atoms with E-state index in [1.807, 2.05) is 6.07 Å². The van der Waals surface area contributed by atoms with Gasteiger partial charge in [-0.25, -0.2) is 0 Å². The van der Waals surface area contributed by atoms with Gasteiger partial charge in [0, 0.05) is 18.1 Å². The lowest BCUT2D eigenvalue weighted by molar-refractivity contribution is -0.385. The first kappa shape index (κ1) is 9.92. The van der Waals surface area contributed by atoms with Crippen LogP contribution < -0.4 is 4.74 Å². The normalized spacial score (nSPS) is 18.4. The van der Waals surface area contributed by atoms with Crippen molar-refractivity contribution in [2.45, 2.75) is 19.4 Å². The molecule has 15 heavy (non-hydrogen) atoms. The van der Waals surface area contributed by atoms with Crippen LogP contribution in [0.2, 0.25) is 0 Å². The van der Waals surface area contributed by atoms with Crippen molar-refractivity contribution in [1.29, 1.82) is 0 Å². The van der Waals surface area contributed by atoms with E-state index in [2.05, 4.69) is 0 Å². The molecule has 2 rings (SSSR count). The van der Waals surface area contributed by atoms with Crippen molar-refractivity contribution in [1.82, 2.24) is 0 Å². The van der Waals surface area contributed by atoms with Crippen molar-refractivity contribution < 1.29 is 14.8 Å². The van der Waals surface area contributed by atoms with E-state index in [1.54, 1.807) is 6.92 Å². The zero-order valence-corrected chi connectivity index (χ0v) is 8.27. The number of ether oxygens (including phenoxy) is 1. The number of nitrogens with zero attached hydrogens (tertiary/aromatic N) is 1. The molecule has 0 saturated heterocycles. The number of benzene rings is 1. The number of aryl methyl sites for hydroxylation is 1. The quantitative estimate of drug-likeness (QED) is 0.586. The fourth-order valence-corrected chi connectivity index (χ4v) is 1.81. The molecule has 1 N–H and O–H groups in total. The molecule has 1 aromatic carbocycles. The maximum absolute atomic E-state index is 10.8. The number of nitro benzene ring substituents is 1. The summed E-state index contributed by atoms with van der Waals surface area (Å²) in [6.45, 7) is 1.68. The van der Waals surface area contributed by atoms with Crippen LogP contribution in [0.1, 0.15) is 11.1 Å². The summed E-state index contributed by atoms with van der Waals surface area (Å²) in [6.07, 6.45) is 0.189. The molecule has 80 valence electrons. The van der Waals surface area contributed by atoms with Crippen molar-refractivity contribution in [3.63, 3.8) is 0 Å². The van der Waals surface area contributed by atoms with E-state index in [1.165, 1.54) is 6.07 Å². The topological polar surface area (TPSA) is 72.6 Å². The number of fused-ring (bicyclic) bond motifs is 1. The summed E-state index contributed by atoms with van der Waals surface area (Å²) in [5, 5.41) is 19.7. The highest BCUT2D eigenvalue weighted by molar-refractivity contribution is 5.56. The van der Waals surface area contributed by atoms with Gasteiger partial charge in [-0.1, -0.05) is 6.07 Å². The number of rotatable bonds is 2. The Kier molecular flexibility index (Phi) is 2.32. The highest BCUT2D eigenvalue weighted by atomic mass is 16.6. The maximum atomic E-state index is 10.8. The Hall–Kier alpha value is -1.62. The van der Waals surface area contributed by atoms with E-state index < -0.39 is 4.92 Å². The summed E-state index contributed by atoms with van der Waals surface area (Å²) < 4.78 is 5.31. The molecule has 1 aliphatic heterocycles. The van der Waals surface area contributed by atoms with E-state index in [0.717, 1.165) is 11.1 Å². The van der Waals surface area contributed by atoms with Crippen molar-refractivity contribution in [3.05, 3.63) is 33.4 Å². The molecule has 0 spiro atoms. The molecule has 0 aliphatic carbocycles. The number of hydrogen-bond donors (Lipinski definition) is 1. The van der Waals surface area contributed by atoms with Gasteiger partial charge in [0.2, 0.25) is 5.75 Å². The van der Waals surface area contributed by atoms with Gasteiger partial charge in [0.25, 0.3) is 0 Å². The van der Waals surface area contributed by atoms with Gasteiger partial charge in [-0.05, 0) is 12.5 Å². The molecule has 0 saturated carbocycles. The number of aliphatic hydroxyl groups is 1. The first-order valence-electron chi connectivity index (χ1n) is 4.67. The highest BCUT2D eigenvalue weighted by Gasteiger charge is 2.30. The molecule has 0 aromatic heterocycles. The summed E-state index contributed by atoms with van der Waals surface area (Å²) in [5.74, 6) is 0.310. The third-order valence-corrected chi connectivity index (χ3v) is 2.42. The number of hydrogen-bond acceptors (Lipinski definition) is 4. The van der Waals surface area contributed by atoms with E-state index in [4.69, 9.17) is 9.84 Å². The second kappa shape index (κ2) is 3.51. The molecule has 0 radical (unpaired) electrons. The van der Waals surface area contributed by atoms with Crippen LogP contribution in [-0.4, -0.2) is 22.7 Å². The van der Waals surface area contributed by atoms with Gasteiger partial charge >= 0.3 is 5.69 Å². The Morgan fingerprint density at radius 3 is 3.00 bits per heavy atom. The molecule has 0 fully saturated rings. The molecule has 1 heterocycles. The van der Waals surface area contributed by atoms with Crippen LogP contribution in [0.5, 0.6) is 5.75 Å². The van der Waals surface area contributed by atoms with Crippen LogP contribution in [-0.2, 0) is 6.42 Å². The van der Waals surface area contributed by atoms with Gasteiger partial charge in [-0.15, -0.1) is 0 Å². The Labute approximate surface area is 86.4 Å². The lowest BCUT2D eigenvalue weighted by atomic mass is 10.1. The smallest absolute Gasteiger partial charge is 0.311 e. The van der Waals surface area contributed by atoms with Gasteiger partial charge in [0.15, 0.2) is 0 Å². The first-order chi connectivity index (χ1) is 7.11. The summed E-state index contributed by atoms with van der Waals surface area (Å²) in [7, 11) is 0. The van der Waals surface area contributed by atoms with Crippen molar-refractivity contribution in [3.8, 4) is 5.75 Å². The molecule has 0 amide bonds. The zero-order chi connectivity index (χ0) is 11.0. The molecule has 0 bridgehead atoms. The van der Waals surface area contributed by atoms with Gasteiger partial charge in [-0.3, -0.25) is 10.1 Å². The second-order valence-electron chi connectivity index (χ2n) is 3.66. The number of nitro groups is 1. The van der Waals surface area contributed by atoms with Crippen LogP contribution in [0.4, 0.5) is 5.69 Å². The zero-order valence-electron chi connectivity index (χ0n) is 8.27. The molecule has 1 aliphatic rings. The van der Waals surface area contributed by atoms with Gasteiger partial charge in [0.05, 0.1) is 11.5 Å². The predicted octanol–water partition coefficient (Wildman–Crippen LogP) is 1.20. The third-order valence-electron chi connectivity index (χ3n) is 2.42. The monoisotopic (exact) mass is 209 g/mol. The molecule has 1 aromatic rings. The Morgan fingerprint density at radius 1 is 1.67 bits per heavy atom. The Bertz CT molecular complexity index is 416. The van der Waals surface area contributed by atoms with Crippen LogP contribution >= 0.6 is 0 Å². The third kappa shape index (κ3) is 1.66. The van der Waals surface area contributed by atoms with Gasteiger partial charge in [-0.2, -0.15) is 0 Å². The summed E-state index contributed by atoms with van der Waals surface area (Å²) in [5.41, 5.74) is 1.63. The van der Waals surface area contributed by atoms with Crippen molar-refractivity contribution in [2.75, 3.05) is 6.61 Å². The molecular formula is C10H11NO4. The second-order valence-corrected chi connectivity index (χ2v) is 3.66. The average molecular weight is 209 g/mol. The minimum Gasteiger partial charge on any atom is -0.481 e. The fraction of sp³-hybridized carbons (Fsp3) is 0.400. The van der Waals surface area contributed by atoms with E-state index in [-0.39, 0.29) is 18.4 Å². The molecule has 5 nitrogen and oxygen atoms in total. The standard InChI is InChI=1S/C10H11NO4/c1-6-2-7-4-8(5-12)15-10(7)9(3-6)11(13)14/h2-3,8,12H,4-5H2,1H3/t8-/m0/s1. The first-order valence-corrected chi connectivity index (χ1v) is 4.67. The van der Waals surface area contributed by atoms with Crippen LogP contribution in [0.25, 0.3) is 0 Å². The summed E-state index contributed by atoms with van der Waals surface area (Å²) >= 11 is 0. The summed E-state index contributed by atoms with van der Waals surface area (Å²) in [6, 6.07) is 3.34.